The van der Waals surface area contributed by atoms with E-state index in [0.717, 1.165) is 26.1 Å². The summed E-state index contributed by atoms with van der Waals surface area (Å²) in [6.45, 7) is 9.78. The minimum atomic E-state index is -0.931. The summed E-state index contributed by atoms with van der Waals surface area (Å²) in [7, 11) is 0. The van der Waals surface area contributed by atoms with E-state index in [4.69, 9.17) is 5.11 Å². The molecule has 0 unspecified atom stereocenters. The molecule has 110 valence electrons. The minimum absolute atomic E-state index is 0.149. The molecule has 6 heteroatoms. The number of urea groups is 1. The maximum Gasteiger partial charge on any atom is 0.317 e. The fourth-order valence-electron chi connectivity index (χ4n) is 1.97. The number of carboxylic acids is 1. The first-order valence-corrected chi connectivity index (χ1v) is 6.85. The fourth-order valence-corrected chi connectivity index (χ4v) is 1.97. The summed E-state index contributed by atoms with van der Waals surface area (Å²) in [4.78, 5) is 27.0. The highest BCUT2D eigenvalue weighted by Crippen LogP contribution is 2.13. The maximum atomic E-state index is 11.9. The molecule has 1 saturated heterocycles. The van der Waals surface area contributed by atoms with Crippen molar-refractivity contribution < 1.29 is 14.7 Å². The van der Waals surface area contributed by atoms with E-state index < -0.39 is 11.4 Å². The van der Waals surface area contributed by atoms with E-state index in [1.165, 1.54) is 0 Å². The van der Waals surface area contributed by atoms with Crippen LogP contribution in [0.3, 0.4) is 0 Å². The van der Waals surface area contributed by atoms with Crippen molar-refractivity contribution in [2.24, 2.45) is 5.41 Å². The Hall–Kier alpha value is -1.30. The summed E-state index contributed by atoms with van der Waals surface area (Å²) < 4.78 is 0. The molecule has 0 aromatic carbocycles. The lowest BCUT2D eigenvalue weighted by Gasteiger charge is -2.35. The number of carbonyl (C=O) groups excluding carboxylic acids is 1. The van der Waals surface area contributed by atoms with Gasteiger partial charge in [0.15, 0.2) is 0 Å². The normalized spacial score (nSPS) is 17.3. The molecule has 0 spiro atoms. The molecular formula is C13H25N3O3. The summed E-state index contributed by atoms with van der Waals surface area (Å²) in [5.74, 6) is -0.902. The molecule has 2 N–H and O–H groups in total. The minimum Gasteiger partial charge on any atom is -0.481 e. The number of amides is 2. The zero-order valence-electron chi connectivity index (χ0n) is 12.1. The van der Waals surface area contributed by atoms with E-state index in [-0.39, 0.29) is 12.6 Å². The molecule has 0 bridgehead atoms. The third-order valence-corrected chi connectivity index (χ3v) is 3.46. The van der Waals surface area contributed by atoms with Crippen LogP contribution < -0.4 is 5.32 Å². The van der Waals surface area contributed by atoms with Crippen LogP contribution in [0.4, 0.5) is 4.79 Å². The van der Waals surface area contributed by atoms with Gasteiger partial charge in [-0.3, -0.25) is 9.69 Å². The van der Waals surface area contributed by atoms with Gasteiger partial charge < -0.3 is 15.3 Å². The molecular weight excluding hydrogens is 246 g/mol. The molecule has 6 nitrogen and oxygen atoms in total. The predicted octanol–water partition coefficient (Wildman–Crippen LogP) is 0.834. The third kappa shape index (κ3) is 4.70. The standard InChI is InChI=1S/C13H25N3O3/c1-4-5-15-6-8-16(9-7-15)12(19)14-10-13(2,3)11(17)18/h4-10H2,1-3H3,(H,14,19)(H,17,18). The Morgan fingerprint density at radius 3 is 2.26 bits per heavy atom. The van der Waals surface area contributed by atoms with Crippen molar-refractivity contribution in [1.29, 1.82) is 0 Å². The molecule has 1 rings (SSSR count). The van der Waals surface area contributed by atoms with Crippen LogP contribution in [0.5, 0.6) is 0 Å². The topological polar surface area (TPSA) is 72.9 Å². The van der Waals surface area contributed by atoms with Crippen molar-refractivity contribution in [2.45, 2.75) is 27.2 Å². The van der Waals surface area contributed by atoms with Crippen LogP contribution in [0.2, 0.25) is 0 Å². The second-order valence-electron chi connectivity index (χ2n) is 5.68. The van der Waals surface area contributed by atoms with Gasteiger partial charge in [-0.2, -0.15) is 0 Å². The van der Waals surface area contributed by atoms with Crippen molar-refractivity contribution in [3.05, 3.63) is 0 Å². The van der Waals surface area contributed by atoms with Crippen molar-refractivity contribution in [3.8, 4) is 0 Å². The van der Waals surface area contributed by atoms with Gasteiger partial charge >= 0.3 is 12.0 Å². The molecule has 19 heavy (non-hydrogen) atoms. The third-order valence-electron chi connectivity index (χ3n) is 3.46. The number of nitrogens with one attached hydrogen (secondary N) is 1. The van der Waals surface area contributed by atoms with E-state index in [1.54, 1.807) is 18.7 Å². The van der Waals surface area contributed by atoms with Gasteiger partial charge in [0.1, 0.15) is 0 Å². The lowest BCUT2D eigenvalue weighted by Crippen LogP contribution is -2.53. The molecule has 0 saturated carbocycles. The number of rotatable bonds is 5. The Kier molecular flexibility index (Phi) is 5.60. The number of aliphatic carboxylic acids is 1. The maximum absolute atomic E-state index is 11.9. The first-order valence-electron chi connectivity index (χ1n) is 6.85. The number of piperazine rings is 1. The molecule has 0 aromatic heterocycles. The Labute approximate surface area is 114 Å². The molecule has 0 radical (unpaired) electrons. The Morgan fingerprint density at radius 2 is 1.79 bits per heavy atom. The molecule has 0 aliphatic carbocycles. The lowest BCUT2D eigenvalue weighted by atomic mass is 9.94. The second kappa shape index (κ2) is 6.75. The summed E-state index contributed by atoms with van der Waals surface area (Å²) in [5, 5.41) is 11.7. The first-order chi connectivity index (χ1) is 8.86. The Bertz CT molecular complexity index is 323. The highest BCUT2D eigenvalue weighted by molar-refractivity contribution is 5.77. The monoisotopic (exact) mass is 271 g/mol. The van der Waals surface area contributed by atoms with Crippen LogP contribution in [0.25, 0.3) is 0 Å². The van der Waals surface area contributed by atoms with E-state index >= 15 is 0 Å². The zero-order chi connectivity index (χ0) is 14.5. The average Bonchev–Trinajstić information content (AvgIpc) is 2.37. The van der Waals surface area contributed by atoms with Gasteiger partial charge in [-0.1, -0.05) is 6.92 Å². The van der Waals surface area contributed by atoms with Gasteiger partial charge in [0.05, 0.1) is 5.41 Å². The quantitative estimate of drug-likeness (QED) is 0.777. The van der Waals surface area contributed by atoms with Gasteiger partial charge in [0.25, 0.3) is 0 Å². The lowest BCUT2D eigenvalue weighted by molar-refractivity contribution is -0.146. The van der Waals surface area contributed by atoms with Crippen LogP contribution >= 0.6 is 0 Å². The zero-order valence-corrected chi connectivity index (χ0v) is 12.1. The van der Waals surface area contributed by atoms with Crippen molar-refractivity contribution >= 4 is 12.0 Å². The van der Waals surface area contributed by atoms with Crippen molar-refractivity contribution in [2.75, 3.05) is 39.3 Å². The number of carbonyl (C=O) groups is 2. The summed E-state index contributed by atoms with van der Waals surface area (Å²) in [6.07, 6.45) is 1.12. The highest BCUT2D eigenvalue weighted by Gasteiger charge is 2.29. The smallest absolute Gasteiger partial charge is 0.317 e. The van der Waals surface area contributed by atoms with Crippen LogP contribution in [0, 0.1) is 5.41 Å². The summed E-state index contributed by atoms with van der Waals surface area (Å²) >= 11 is 0. The van der Waals surface area contributed by atoms with Crippen LogP contribution in [-0.4, -0.2) is 66.2 Å². The van der Waals surface area contributed by atoms with Gasteiger partial charge in [-0.05, 0) is 26.8 Å². The fraction of sp³-hybridized carbons (Fsp3) is 0.846. The van der Waals surface area contributed by atoms with Crippen LogP contribution in [-0.2, 0) is 4.79 Å². The van der Waals surface area contributed by atoms with Gasteiger partial charge in [0.2, 0.25) is 0 Å². The van der Waals surface area contributed by atoms with E-state index in [0.29, 0.717) is 13.1 Å². The second-order valence-corrected chi connectivity index (χ2v) is 5.68. The Balaban J connectivity index is 2.34. The van der Waals surface area contributed by atoms with Crippen LogP contribution in [0.1, 0.15) is 27.2 Å². The SMILES string of the molecule is CCCN1CCN(C(=O)NCC(C)(C)C(=O)O)CC1. The summed E-state index contributed by atoms with van der Waals surface area (Å²) in [6, 6.07) is -0.162. The molecule has 1 heterocycles. The molecule has 1 aliphatic heterocycles. The number of hydrogen-bond acceptors (Lipinski definition) is 3. The molecule has 0 aromatic rings. The van der Waals surface area contributed by atoms with E-state index in [1.807, 2.05) is 0 Å². The number of nitrogens with zero attached hydrogens (tertiary/aromatic N) is 2. The van der Waals surface area contributed by atoms with E-state index in [2.05, 4.69) is 17.1 Å². The van der Waals surface area contributed by atoms with Gasteiger partial charge in [-0.15, -0.1) is 0 Å². The largest absolute Gasteiger partial charge is 0.481 e. The molecule has 1 aliphatic rings. The molecule has 0 atom stereocenters. The predicted molar refractivity (Wildman–Crippen MR) is 73.1 cm³/mol. The molecule has 2 amide bonds. The number of hydrogen-bond donors (Lipinski definition) is 2. The average molecular weight is 271 g/mol. The first kappa shape index (κ1) is 15.8. The van der Waals surface area contributed by atoms with Gasteiger partial charge in [0, 0.05) is 32.7 Å². The highest BCUT2D eigenvalue weighted by atomic mass is 16.4. The van der Waals surface area contributed by atoms with Crippen molar-refractivity contribution in [1.82, 2.24) is 15.1 Å². The number of carboxylic acid groups (broad SMARTS) is 1. The summed E-state index contributed by atoms with van der Waals surface area (Å²) in [5.41, 5.74) is -0.931. The molecule has 1 fully saturated rings. The Morgan fingerprint density at radius 1 is 1.21 bits per heavy atom. The van der Waals surface area contributed by atoms with E-state index in [9.17, 15) is 9.59 Å². The van der Waals surface area contributed by atoms with Crippen molar-refractivity contribution in [3.63, 3.8) is 0 Å². The van der Waals surface area contributed by atoms with Crippen LogP contribution in [0.15, 0.2) is 0 Å². The van der Waals surface area contributed by atoms with Gasteiger partial charge in [-0.25, -0.2) is 4.79 Å².